The Morgan fingerprint density at radius 1 is 1.16 bits per heavy atom. The zero-order chi connectivity index (χ0) is 17.5. The summed E-state index contributed by atoms with van der Waals surface area (Å²) in [5, 5.41) is 0. The van der Waals surface area contributed by atoms with E-state index in [1.54, 1.807) is 7.11 Å². The minimum absolute atomic E-state index is 0.484. The van der Waals surface area contributed by atoms with Crippen molar-refractivity contribution in [3.63, 3.8) is 0 Å². The molecule has 0 spiro atoms. The second kappa shape index (κ2) is 8.89. The van der Waals surface area contributed by atoms with Crippen molar-refractivity contribution in [1.29, 1.82) is 0 Å². The molecule has 25 heavy (non-hydrogen) atoms. The van der Waals surface area contributed by atoms with Crippen molar-refractivity contribution in [3.05, 3.63) is 71.9 Å². The average molecular weight is 335 g/mol. The number of rotatable bonds is 6. The fourth-order valence-corrected chi connectivity index (χ4v) is 4.23. The molecule has 1 aromatic carbocycles. The molecule has 1 fully saturated rings. The monoisotopic (exact) mass is 334 g/mol. The maximum Gasteiger partial charge on any atom is 0.118 e. The average Bonchev–Trinajstić information content (AvgIpc) is 3.02. The molecule has 0 radical (unpaired) electrons. The molecule has 0 saturated heterocycles. The Morgan fingerprint density at radius 2 is 1.92 bits per heavy atom. The van der Waals surface area contributed by atoms with E-state index in [-0.39, 0.29) is 0 Å². The van der Waals surface area contributed by atoms with Gasteiger partial charge in [0.1, 0.15) is 5.75 Å². The van der Waals surface area contributed by atoms with Gasteiger partial charge < -0.3 is 4.74 Å². The molecule has 0 heterocycles. The van der Waals surface area contributed by atoms with Gasteiger partial charge in [0, 0.05) is 5.92 Å². The molecule has 1 atom stereocenters. The van der Waals surface area contributed by atoms with Gasteiger partial charge in [-0.2, -0.15) is 0 Å². The molecule has 132 valence electrons. The van der Waals surface area contributed by atoms with Crippen LogP contribution in [0.4, 0.5) is 0 Å². The summed E-state index contributed by atoms with van der Waals surface area (Å²) in [5.74, 6) is 2.27. The molecule has 2 aliphatic carbocycles. The normalized spacial score (nSPS) is 19.6. The highest BCUT2D eigenvalue weighted by molar-refractivity contribution is 5.71. The van der Waals surface area contributed by atoms with Gasteiger partial charge in [0.25, 0.3) is 0 Å². The summed E-state index contributed by atoms with van der Waals surface area (Å²) >= 11 is 0. The molecular weight excluding hydrogens is 304 g/mol. The highest BCUT2D eigenvalue weighted by Crippen LogP contribution is 2.40. The van der Waals surface area contributed by atoms with Crippen LogP contribution < -0.4 is 4.74 Å². The van der Waals surface area contributed by atoms with E-state index in [9.17, 15) is 0 Å². The third-order valence-corrected chi connectivity index (χ3v) is 5.58. The Bertz CT molecular complexity index is 667. The summed E-state index contributed by atoms with van der Waals surface area (Å²) in [6.45, 7) is 2.18. The van der Waals surface area contributed by atoms with E-state index in [0.29, 0.717) is 5.92 Å². The van der Waals surface area contributed by atoms with Gasteiger partial charge in [0.15, 0.2) is 0 Å². The third kappa shape index (κ3) is 4.54. The smallest absolute Gasteiger partial charge is 0.118 e. The molecule has 0 aromatic heterocycles. The summed E-state index contributed by atoms with van der Waals surface area (Å²) in [5.41, 5.74) is 4.24. The molecule has 1 heteroatoms. The van der Waals surface area contributed by atoms with Crippen molar-refractivity contribution < 1.29 is 4.74 Å². The molecule has 0 N–H and O–H groups in total. The second-order valence-electron chi connectivity index (χ2n) is 7.14. The maximum atomic E-state index is 5.33. The van der Waals surface area contributed by atoms with E-state index in [4.69, 9.17) is 4.74 Å². The standard InChI is InChI=1S/C24H30O/c1-3-23(21-14-16-22(25-2)17-15-21)24(18-19-10-8-9-11-19)20-12-6-4-5-7-13-20/h3-6,12-17,19,24H,7-11,18H2,1-2H3/b23-3+. The van der Waals surface area contributed by atoms with Crippen LogP contribution in [-0.2, 0) is 0 Å². The molecule has 1 aromatic rings. The van der Waals surface area contributed by atoms with E-state index in [1.165, 1.54) is 48.8 Å². The molecule has 1 saturated carbocycles. The number of benzene rings is 1. The molecule has 2 aliphatic rings. The molecule has 1 unspecified atom stereocenters. The van der Waals surface area contributed by atoms with E-state index >= 15 is 0 Å². The first-order valence-electron chi connectivity index (χ1n) is 9.65. The number of allylic oxidation sites excluding steroid dienone is 8. The zero-order valence-electron chi connectivity index (χ0n) is 15.6. The fraction of sp³-hybridized carbons (Fsp3) is 0.417. The molecular formula is C24H30O. The number of hydrogen-bond donors (Lipinski definition) is 0. The first kappa shape index (κ1) is 17.8. The summed E-state index contributed by atoms with van der Waals surface area (Å²) < 4.78 is 5.33. The lowest BCUT2D eigenvalue weighted by Crippen LogP contribution is -2.11. The number of hydrogen-bond acceptors (Lipinski definition) is 1. The second-order valence-corrected chi connectivity index (χ2v) is 7.14. The van der Waals surface area contributed by atoms with Gasteiger partial charge in [-0.05, 0) is 54.5 Å². The predicted molar refractivity (Wildman–Crippen MR) is 108 cm³/mol. The van der Waals surface area contributed by atoms with E-state index in [0.717, 1.165) is 18.1 Å². The Hall–Kier alpha value is -2.02. The lowest BCUT2D eigenvalue weighted by molar-refractivity contribution is 0.414. The molecule has 0 amide bonds. The van der Waals surface area contributed by atoms with Gasteiger partial charge in [0.05, 0.1) is 7.11 Å². The molecule has 0 bridgehead atoms. The van der Waals surface area contributed by atoms with Crippen molar-refractivity contribution in [2.45, 2.75) is 45.4 Å². The SMILES string of the molecule is C/C=C(\c1ccc(OC)cc1)C(CC1CCCC1)C1=CCC=CC=C1. The quantitative estimate of drug-likeness (QED) is 0.560. The van der Waals surface area contributed by atoms with Crippen LogP contribution in [0.2, 0.25) is 0 Å². The first-order valence-corrected chi connectivity index (χ1v) is 9.65. The Kier molecular flexibility index (Phi) is 6.33. The van der Waals surface area contributed by atoms with Gasteiger partial charge >= 0.3 is 0 Å². The summed E-state index contributed by atoms with van der Waals surface area (Å²) in [4.78, 5) is 0. The van der Waals surface area contributed by atoms with Gasteiger partial charge in [-0.15, -0.1) is 0 Å². The van der Waals surface area contributed by atoms with Crippen LogP contribution in [0.15, 0.2) is 66.3 Å². The number of ether oxygens (including phenoxy) is 1. The zero-order valence-corrected chi connectivity index (χ0v) is 15.6. The van der Waals surface area contributed by atoms with Crippen molar-refractivity contribution in [2.24, 2.45) is 11.8 Å². The van der Waals surface area contributed by atoms with Crippen LogP contribution in [0.25, 0.3) is 5.57 Å². The molecule has 0 aliphatic heterocycles. The van der Waals surface area contributed by atoms with Crippen molar-refractivity contribution in [1.82, 2.24) is 0 Å². The van der Waals surface area contributed by atoms with Crippen LogP contribution in [0.5, 0.6) is 5.75 Å². The van der Waals surface area contributed by atoms with Crippen LogP contribution in [0, 0.1) is 11.8 Å². The van der Waals surface area contributed by atoms with Crippen molar-refractivity contribution in [3.8, 4) is 5.75 Å². The summed E-state index contributed by atoms with van der Waals surface area (Å²) in [6, 6.07) is 8.55. The van der Waals surface area contributed by atoms with Crippen LogP contribution in [0.1, 0.15) is 51.0 Å². The lowest BCUT2D eigenvalue weighted by Gasteiger charge is -2.25. The van der Waals surface area contributed by atoms with Gasteiger partial charge in [-0.1, -0.05) is 74.3 Å². The van der Waals surface area contributed by atoms with Crippen LogP contribution in [-0.4, -0.2) is 7.11 Å². The van der Waals surface area contributed by atoms with E-state index < -0.39 is 0 Å². The van der Waals surface area contributed by atoms with Gasteiger partial charge in [0.2, 0.25) is 0 Å². The Balaban J connectivity index is 1.90. The van der Waals surface area contributed by atoms with Gasteiger partial charge in [-0.3, -0.25) is 0 Å². The lowest BCUT2D eigenvalue weighted by atomic mass is 9.79. The van der Waals surface area contributed by atoms with E-state index in [2.05, 4.69) is 67.6 Å². The van der Waals surface area contributed by atoms with Crippen molar-refractivity contribution in [2.75, 3.05) is 7.11 Å². The highest BCUT2D eigenvalue weighted by atomic mass is 16.5. The minimum atomic E-state index is 0.484. The Labute approximate surface area is 152 Å². The van der Waals surface area contributed by atoms with E-state index in [1.807, 2.05) is 0 Å². The first-order chi connectivity index (χ1) is 12.3. The fourth-order valence-electron chi connectivity index (χ4n) is 4.23. The van der Waals surface area contributed by atoms with Crippen molar-refractivity contribution >= 4 is 5.57 Å². The third-order valence-electron chi connectivity index (χ3n) is 5.58. The maximum absolute atomic E-state index is 5.33. The highest BCUT2D eigenvalue weighted by Gasteiger charge is 2.25. The molecule has 3 rings (SSSR count). The Morgan fingerprint density at radius 3 is 2.60 bits per heavy atom. The van der Waals surface area contributed by atoms with Crippen LogP contribution in [0.3, 0.4) is 0 Å². The minimum Gasteiger partial charge on any atom is -0.497 e. The molecule has 1 nitrogen and oxygen atoms in total. The summed E-state index contributed by atoms with van der Waals surface area (Å²) in [6.07, 6.45) is 21.5. The predicted octanol–water partition coefficient (Wildman–Crippen LogP) is 6.74. The number of methoxy groups -OCH3 is 1. The topological polar surface area (TPSA) is 9.23 Å². The van der Waals surface area contributed by atoms with Gasteiger partial charge in [-0.25, -0.2) is 0 Å². The summed E-state index contributed by atoms with van der Waals surface area (Å²) in [7, 11) is 1.72. The largest absolute Gasteiger partial charge is 0.497 e. The van der Waals surface area contributed by atoms with Crippen LogP contribution >= 0.6 is 0 Å².